The van der Waals surface area contributed by atoms with Crippen LogP contribution in [-0.2, 0) is 11.3 Å². The third-order valence-corrected chi connectivity index (χ3v) is 4.24. The number of anilines is 1. The van der Waals surface area contributed by atoms with Crippen molar-refractivity contribution in [1.82, 2.24) is 4.90 Å². The number of hydrogen-bond acceptors (Lipinski definition) is 3. The van der Waals surface area contributed by atoms with Gasteiger partial charge in [0.1, 0.15) is 0 Å². The molecular formula is C15H23ClN2O. The molecule has 4 heteroatoms. The van der Waals surface area contributed by atoms with Crippen molar-refractivity contribution in [1.29, 1.82) is 0 Å². The summed E-state index contributed by atoms with van der Waals surface area (Å²) in [6.45, 7) is 4.93. The van der Waals surface area contributed by atoms with Crippen LogP contribution in [-0.4, -0.2) is 31.2 Å². The van der Waals surface area contributed by atoms with Crippen LogP contribution in [0.2, 0.25) is 5.02 Å². The number of nitrogen functional groups attached to an aromatic ring is 1. The van der Waals surface area contributed by atoms with E-state index in [1.165, 1.54) is 18.4 Å². The van der Waals surface area contributed by atoms with Crippen molar-refractivity contribution in [3.8, 4) is 0 Å². The molecule has 1 saturated carbocycles. The SMILES string of the molecule is COCCN(Cc1ccc(N)c(Cl)c1)C(C)C1CC1. The van der Waals surface area contributed by atoms with Gasteiger partial charge in [-0.25, -0.2) is 0 Å². The van der Waals surface area contributed by atoms with E-state index in [2.05, 4.69) is 17.9 Å². The third kappa shape index (κ3) is 4.10. The Balaban J connectivity index is 2.02. The second-order valence-corrected chi connectivity index (χ2v) is 5.80. The molecule has 2 rings (SSSR count). The van der Waals surface area contributed by atoms with Crippen molar-refractivity contribution in [2.75, 3.05) is 26.0 Å². The number of hydrogen-bond donors (Lipinski definition) is 1. The first-order chi connectivity index (χ1) is 9.11. The number of ether oxygens (including phenoxy) is 1. The van der Waals surface area contributed by atoms with Crippen LogP contribution in [0, 0.1) is 5.92 Å². The maximum Gasteiger partial charge on any atom is 0.0638 e. The van der Waals surface area contributed by atoms with Gasteiger partial charge in [-0.3, -0.25) is 4.90 Å². The fourth-order valence-corrected chi connectivity index (χ4v) is 2.62. The molecule has 19 heavy (non-hydrogen) atoms. The minimum atomic E-state index is 0.603. The van der Waals surface area contributed by atoms with Crippen LogP contribution in [0.25, 0.3) is 0 Å². The lowest BCUT2D eigenvalue weighted by Gasteiger charge is -2.29. The summed E-state index contributed by atoms with van der Waals surface area (Å²) in [6.07, 6.45) is 2.71. The Morgan fingerprint density at radius 2 is 2.21 bits per heavy atom. The zero-order valence-electron chi connectivity index (χ0n) is 11.7. The molecule has 0 heterocycles. The maximum absolute atomic E-state index is 6.09. The molecule has 1 unspecified atom stereocenters. The van der Waals surface area contributed by atoms with Crippen molar-refractivity contribution in [2.45, 2.75) is 32.4 Å². The molecule has 2 N–H and O–H groups in total. The Labute approximate surface area is 120 Å². The van der Waals surface area contributed by atoms with Crippen molar-refractivity contribution in [3.05, 3.63) is 28.8 Å². The van der Waals surface area contributed by atoms with Crippen LogP contribution in [0.4, 0.5) is 5.69 Å². The van der Waals surface area contributed by atoms with Crippen LogP contribution in [0.3, 0.4) is 0 Å². The molecule has 106 valence electrons. The molecule has 0 radical (unpaired) electrons. The molecule has 1 atom stereocenters. The summed E-state index contributed by atoms with van der Waals surface area (Å²) in [5, 5.41) is 0.642. The Hall–Kier alpha value is -0.770. The highest BCUT2D eigenvalue weighted by atomic mass is 35.5. The predicted molar refractivity (Wildman–Crippen MR) is 80.3 cm³/mol. The summed E-state index contributed by atoms with van der Waals surface area (Å²) in [5.74, 6) is 0.848. The van der Waals surface area contributed by atoms with Gasteiger partial charge in [-0.2, -0.15) is 0 Å². The summed E-state index contributed by atoms with van der Waals surface area (Å²) < 4.78 is 5.22. The first-order valence-electron chi connectivity index (χ1n) is 6.88. The molecule has 1 fully saturated rings. The number of nitrogens with two attached hydrogens (primary N) is 1. The maximum atomic E-state index is 6.09. The van der Waals surface area contributed by atoms with Crippen molar-refractivity contribution in [2.24, 2.45) is 5.92 Å². The summed E-state index contributed by atoms with van der Waals surface area (Å²) in [4.78, 5) is 2.48. The molecule has 1 aromatic rings. The summed E-state index contributed by atoms with van der Waals surface area (Å²) >= 11 is 6.09. The summed E-state index contributed by atoms with van der Waals surface area (Å²) in [7, 11) is 1.75. The van der Waals surface area contributed by atoms with E-state index in [0.717, 1.165) is 25.6 Å². The number of halogens is 1. The van der Waals surface area contributed by atoms with Crippen molar-refractivity contribution >= 4 is 17.3 Å². The smallest absolute Gasteiger partial charge is 0.0638 e. The third-order valence-electron chi connectivity index (χ3n) is 3.91. The van der Waals surface area contributed by atoms with E-state index in [9.17, 15) is 0 Å². The van der Waals surface area contributed by atoms with Crippen LogP contribution in [0.5, 0.6) is 0 Å². The highest BCUT2D eigenvalue weighted by Crippen LogP contribution is 2.35. The average Bonchev–Trinajstić information content (AvgIpc) is 3.22. The van der Waals surface area contributed by atoms with Crippen molar-refractivity contribution in [3.63, 3.8) is 0 Å². The van der Waals surface area contributed by atoms with Gasteiger partial charge in [0.15, 0.2) is 0 Å². The molecule has 0 aromatic heterocycles. The van der Waals surface area contributed by atoms with Gasteiger partial charge in [0.05, 0.1) is 17.3 Å². The van der Waals surface area contributed by atoms with Gasteiger partial charge in [-0.15, -0.1) is 0 Å². The highest BCUT2D eigenvalue weighted by Gasteiger charge is 2.31. The summed E-state index contributed by atoms with van der Waals surface area (Å²) in [5.41, 5.74) is 7.61. The van der Waals surface area contributed by atoms with E-state index in [0.29, 0.717) is 16.8 Å². The Morgan fingerprint density at radius 1 is 1.47 bits per heavy atom. The van der Waals surface area contributed by atoms with Gasteiger partial charge >= 0.3 is 0 Å². The monoisotopic (exact) mass is 282 g/mol. The Kier molecular flexibility index (Phi) is 5.08. The van der Waals surface area contributed by atoms with Crippen LogP contribution in [0.15, 0.2) is 18.2 Å². The first-order valence-corrected chi connectivity index (χ1v) is 7.26. The van der Waals surface area contributed by atoms with E-state index in [4.69, 9.17) is 22.1 Å². The van der Waals surface area contributed by atoms with Gasteiger partial charge in [0, 0.05) is 26.2 Å². The van der Waals surface area contributed by atoms with Crippen LogP contribution < -0.4 is 5.73 Å². The van der Waals surface area contributed by atoms with E-state index < -0.39 is 0 Å². The quantitative estimate of drug-likeness (QED) is 0.781. The van der Waals surface area contributed by atoms with E-state index in [-0.39, 0.29) is 0 Å². The topological polar surface area (TPSA) is 38.5 Å². The molecular weight excluding hydrogens is 260 g/mol. The molecule has 0 saturated heterocycles. The molecule has 0 spiro atoms. The molecule has 1 aromatic carbocycles. The standard InChI is InChI=1S/C15H23ClN2O/c1-11(13-4-5-13)18(7-8-19-2)10-12-3-6-15(17)14(16)9-12/h3,6,9,11,13H,4-5,7-8,10,17H2,1-2H3. The fraction of sp³-hybridized carbons (Fsp3) is 0.600. The highest BCUT2D eigenvalue weighted by molar-refractivity contribution is 6.33. The number of methoxy groups -OCH3 is 1. The molecule has 1 aliphatic carbocycles. The second-order valence-electron chi connectivity index (χ2n) is 5.40. The normalized spacial score (nSPS) is 16.8. The predicted octanol–water partition coefficient (Wildman–Crippen LogP) is 3.17. The largest absolute Gasteiger partial charge is 0.398 e. The minimum Gasteiger partial charge on any atom is -0.398 e. The molecule has 3 nitrogen and oxygen atoms in total. The van der Waals surface area contributed by atoms with Gasteiger partial charge in [0.2, 0.25) is 0 Å². The number of rotatable bonds is 7. The van der Waals surface area contributed by atoms with Crippen molar-refractivity contribution < 1.29 is 4.74 Å². The van der Waals surface area contributed by atoms with Crippen LogP contribution >= 0.6 is 11.6 Å². The van der Waals surface area contributed by atoms with E-state index >= 15 is 0 Å². The molecule has 0 amide bonds. The fourth-order valence-electron chi connectivity index (χ4n) is 2.42. The molecule has 1 aliphatic rings. The lowest BCUT2D eigenvalue weighted by atomic mass is 10.1. The lowest BCUT2D eigenvalue weighted by Crippen LogP contribution is -2.36. The van der Waals surface area contributed by atoms with Gasteiger partial charge in [-0.05, 0) is 43.4 Å². The average molecular weight is 283 g/mol. The Morgan fingerprint density at radius 3 is 2.79 bits per heavy atom. The molecule has 0 bridgehead atoms. The summed E-state index contributed by atoms with van der Waals surface area (Å²) in [6, 6.07) is 6.51. The number of nitrogens with zero attached hydrogens (tertiary/aromatic N) is 1. The first kappa shape index (κ1) is 14.6. The van der Waals surface area contributed by atoms with Gasteiger partial charge in [0.25, 0.3) is 0 Å². The minimum absolute atomic E-state index is 0.603. The lowest BCUT2D eigenvalue weighted by molar-refractivity contribution is 0.111. The zero-order valence-corrected chi connectivity index (χ0v) is 12.5. The van der Waals surface area contributed by atoms with Gasteiger partial charge < -0.3 is 10.5 Å². The van der Waals surface area contributed by atoms with E-state index in [1.807, 2.05) is 12.1 Å². The van der Waals surface area contributed by atoms with Crippen LogP contribution in [0.1, 0.15) is 25.3 Å². The van der Waals surface area contributed by atoms with Gasteiger partial charge in [-0.1, -0.05) is 17.7 Å². The Bertz CT molecular complexity index is 421. The number of benzene rings is 1. The van der Waals surface area contributed by atoms with E-state index in [1.54, 1.807) is 7.11 Å². The second kappa shape index (κ2) is 6.60. The zero-order chi connectivity index (χ0) is 13.8. The molecule has 0 aliphatic heterocycles.